The maximum absolute atomic E-state index is 12.5. The number of thiophene rings is 1. The lowest BCUT2D eigenvalue weighted by Crippen LogP contribution is -2.39. The highest BCUT2D eigenvalue weighted by Gasteiger charge is 2.21. The summed E-state index contributed by atoms with van der Waals surface area (Å²) >= 11 is 1.20. The molecule has 3 heterocycles. The van der Waals surface area contributed by atoms with E-state index < -0.39 is 5.97 Å². The summed E-state index contributed by atoms with van der Waals surface area (Å²) in [7, 11) is 0. The predicted molar refractivity (Wildman–Crippen MR) is 96.1 cm³/mol. The number of carbonyl (C=O) groups excluding carboxylic acids is 1. The molecular formula is C18H20N3O3S+. The van der Waals surface area contributed by atoms with E-state index in [0.717, 1.165) is 5.69 Å². The van der Waals surface area contributed by atoms with Crippen LogP contribution in [0.5, 0.6) is 0 Å². The molecule has 0 unspecified atom stereocenters. The monoisotopic (exact) mass is 358 g/mol. The lowest BCUT2D eigenvalue weighted by Gasteiger charge is -2.02. The zero-order valence-electron chi connectivity index (χ0n) is 14.7. The first-order valence-electron chi connectivity index (χ1n) is 8.07. The van der Waals surface area contributed by atoms with Crippen molar-refractivity contribution in [3.63, 3.8) is 0 Å². The number of hydrogen-bond donors (Lipinski definition) is 1. The van der Waals surface area contributed by atoms with Gasteiger partial charge < -0.3 is 9.72 Å². The van der Waals surface area contributed by atoms with Crippen molar-refractivity contribution >= 4 is 27.5 Å². The van der Waals surface area contributed by atoms with E-state index in [-0.39, 0.29) is 5.56 Å². The van der Waals surface area contributed by atoms with Gasteiger partial charge in [-0.25, -0.2) is 9.78 Å². The second-order valence-corrected chi connectivity index (χ2v) is 6.87. The number of hydrogen-bond acceptors (Lipinski definition) is 5. The van der Waals surface area contributed by atoms with Crippen LogP contribution in [0.25, 0.3) is 10.2 Å². The molecule has 0 atom stereocenters. The Kier molecular flexibility index (Phi) is 4.67. The first kappa shape index (κ1) is 17.3. The second kappa shape index (κ2) is 6.76. The third-order valence-electron chi connectivity index (χ3n) is 4.24. The Morgan fingerprint density at radius 3 is 2.84 bits per heavy atom. The second-order valence-electron chi connectivity index (χ2n) is 5.87. The molecule has 0 aliphatic rings. The largest absolute Gasteiger partial charge is 0.462 e. The van der Waals surface area contributed by atoms with Crippen molar-refractivity contribution in [1.82, 2.24) is 9.97 Å². The van der Waals surface area contributed by atoms with Crippen LogP contribution in [0.3, 0.4) is 0 Å². The Hall–Kier alpha value is -2.54. The summed E-state index contributed by atoms with van der Waals surface area (Å²) in [6, 6.07) is 4.01. The first-order chi connectivity index (χ1) is 11.9. The quantitative estimate of drug-likeness (QED) is 0.574. The predicted octanol–water partition coefficient (Wildman–Crippen LogP) is 2.42. The van der Waals surface area contributed by atoms with Gasteiger partial charge in [0.05, 0.1) is 12.0 Å². The molecule has 3 rings (SSSR count). The average molecular weight is 358 g/mol. The first-order valence-corrected chi connectivity index (χ1v) is 8.89. The van der Waals surface area contributed by atoms with Crippen LogP contribution >= 0.6 is 11.3 Å². The maximum Gasteiger partial charge on any atom is 0.348 e. The summed E-state index contributed by atoms with van der Waals surface area (Å²) in [5.41, 5.74) is 2.68. The van der Waals surface area contributed by atoms with E-state index in [2.05, 4.69) is 9.97 Å². The standard InChI is InChI=1S/C18H19N3O3S/c1-5-24-18(23)15-11(3)14-16(22)19-13(20-17(14)25-15)9-21-8-6-7-10(2)12(21)4/h6-8H,5,9H2,1-4H3/p+1. The van der Waals surface area contributed by atoms with Gasteiger partial charge in [0, 0.05) is 18.6 Å². The Balaban J connectivity index is 2.06. The zero-order valence-corrected chi connectivity index (χ0v) is 15.5. The molecule has 25 heavy (non-hydrogen) atoms. The number of rotatable bonds is 4. The minimum absolute atomic E-state index is 0.227. The van der Waals surface area contributed by atoms with Gasteiger partial charge in [-0.3, -0.25) is 4.79 Å². The number of fused-ring (bicyclic) bond motifs is 1. The van der Waals surface area contributed by atoms with E-state index in [1.807, 2.05) is 36.7 Å². The third kappa shape index (κ3) is 3.19. The Labute approximate surface area is 149 Å². The van der Waals surface area contributed by atoms with E-state index >= 15 is 0 Å². The van der Waals surface area contributed by atoms with Crippen LogP contribution in [0.15, 0.2) is 23.1 Å². The van der Waals surface area contributed by atoms with Crippen molar-refractivity contribution in [2.75, 3.05) is 6.61 Å². The molecule has 0 aliphatic carbocycles. The van der Waals surface area contributed by atoms with Crippen LogP contribution in [-0.2, 0) is 11.3 Å². The molecule has 0 spiro atoms. The fourth-order valence-corrected chi connectivity index (χ4v) is 3.83. The molecular weight excluding hydrogens is 338 g/mol. The van der Waals surface area contributed by atoms with Crippen LogP contribution < -0.4 is 10.1 Å². The Morgan fingerprint density at radius 2 is 2.12 bits per heavy atom. The molecule has 130 valence electrons. The smallest absolute Gasteiger partial charge is 0.348 e. The molecule has 1 N–H and O–H groups in total. The van der Waals surface area contributed by atoms with E-state index in [0.29, 0.717) is 39.6 Å². The fraction of sp³-hybridized carbons (Fsp3) is 0.333. The number of ether oxygens (including phenoxy) is 1. The van der Waals surface area contributed by atoms with Gasteiger partial charge in [0.2, 0.25) is 6.54 Å². The van der Waals surface area contributed by atoms with Gasteiger partial charge in [0.25, 0.3) is 5.56 Å². The lowest BCUT2D eigenvalue weighted by molar-refractivity contribution is -0.695. The highest BCUT2D eigenvalue weighted by atomic mass is 32.1. The summed E-state index contributed by atoms with van der Waals surface area (Å²) in [5.74, 6) is 0.153. The summed E-state index contributed by atoms with van der Waals surface area (Å²) in [6.45, 7) is 8.33. The van der Waals surface area contributed by atoms with E-state index in [1.54, 1.807) is 13.8 Å². The van der Waals surface area contributed by atoms with Gasteiger partial charge in [0.15, 0.2) is 17.7 Å². The van der Waals surface area contributed by atoms with Crippen LogP contribution in [0.1, 0.15) is 39.2 Å². The molecule has 0 bridgehead atoms. The summed E-state index contributed by atoms with van der Waals surface area (Å²) < 4.78 is 7.09. The van der Waals surface area contributed by atoms with Gasteiger partial charge in [-0.05, 0) is 32.4 Å². The number of H-pyrrole nitrogens is 1. The number of aromatic amines is 1. The van der Waals surface area contributed by atoms with Crippen molar-refractivity contribution in [2.24, 2.45) is 0 Å². The van der Waals surface area contributed by atoms with Crippen LogP contribution in [0.2, 0.25) is 0 Å². The summed E-state index contributed by atoms with van der Waals surface area (Å²) in [4.78, 5) is 32.9. The highest BCUT2D eigenvalue weighted by molar-refractivity contribution is 7.20. The summed E-state index contributed by atoms with van der Waals surface area (Å²) in [6.07, 6.45) is 1.95. The summed E-state index contributed by atoms with van der Waals surface area (Å²) in [5, 5.41) is 0.461. The van der Waals surface area contributed by atoms with Crippen LogP contribution in [0.4, 0.5) is 0 Å². The van der Waals surface area contributed by atoms with Crippen LogP contribution in [-0.4, -0.2) is 22.5 Å². The highest BCUT2D eigenvalue weighted by Crippen LogP contribution is 2.27. The lowest BCUT2D eigenvalue weighted by atomic mass is 10.2. The molecule has 0 saturated carbocycles. The van der Waals surface area contributed by atoms with Crippen molar-refractivity contribution in [2.45, 2.75) is 34.2 Å². The molecule has 3 aromatic rings. The molecule has 6 nitrogen and oxygen atoms in total. The minimum atomic E-state index is -0.409. The number of nitrogens with zero attached hydrogens (tertiary/aromatic N) is 2. The molecule has 7 heteroatoms. The molecule has 0 aliphatic heterocycles. The molecule has 0 saturated heterocycles. The molecule has 0 amide bonds. The van der Waals surface area contributed by atoms with Gasteiger partial charge in [0.1, 0.15) is 9.71 Å². The Bertz CT molecular complexity index is 1020. The topological polar surface area (TPSA) is 75.9 Å². The van der Waals surface area contributed by atoms with Gasteiger partial charge in [-0.1, -0.05) is 0 Å². The maximum atomic E-state index is 12.5. The van der Waals surface area contributed by atoms with Gasteiger partial charge in [-0.2, -0.15) is 4.57 Å². The van der Waals surface area contributed by atoms with Gasteiger partial charge >= 0.3 is 5.97 Å². The number of carbonyl (C=O) groups is 1. The van der Waals surface area contributed by atoms with Crippen LogP contribution in [0, 0.1) is 20.8 Å². The Morgan fingerprint density at radius 1 is 1.36 bits per heavy atom. The van der Waals surface area contributed by atoms with Gasteiger partial charge in [-0.15, -0.1) is 11.3 Å². The number of esters is 1. The molecule has 0 radical (unpaired) electrons. The fourth-order valence-electron chi connectivity index (χ4n) is 2.74. The number of pyridine rings is 1. The number of aryl methyl sites for hydroxylation is 2. The minimum Gasteiger partial charge on any atom is -0.462 e. The SMILES string of the molecule is CCOC(=O)c1sc2nc(C[n+]3cccc(C)c3C)[nH]c(=O)c2c1C. The van der Waals surface area contributed by atoms with Crippen molar-refractivity contribution in [1.29, 1.82) is 0 Å². The molecule has 0 fully saturated rings. The number of nitrogens with one attached hydrogen (secondary N) is 1. The van der Waals surface area contributed by atoms with E-state index in [9.17, 15) is 9.59 Å². The van der Waals surface area contributed by atoms with E-state index in [1.165, 1.54) is 16.9 Å². The van der Waals surface area contributed by atoms with Crippen molar-refractivity contribution < 1.29 is 14.1 Å². The number of aromatic nitrogens is 3. The van der Waals surface area contributed by atoms with E-state index in [4.69, 9.17) is 4.74 Å². The zero-order chi connectivity index (χ0) is 18.1. The van der Waals surface area contributed by atoms with Crippen molar-refractivity contribution in [3.8, 4) is 0 Å². The normalized spacial score (nSPS) is 11.0. The average Bonchev–Trinajstić information content (AvgIpc) is 2.89. The molecule has 3 aromatic heterocycles. The third-order valence-corrected chi connectivity index (χ3v) is 5.41. The van der Waals surface area contributed by atoms with Crippen molar-refractivity contribution in [3.05, 3.63) is 56.2 Å². The molecule has 0 aromatic carbocycles.